The van der Waals surface area contributed by atoms with Gasteiger partial charge in [0.2, 0.25) is 0 Å². The summed E-state index contributed by atoms with van der Waals surface area (Å²) in [5.41, 5.74) is -1.42. The molecule has 1 saturated carbocycles. The molecule has 0 radical (unpaired) electrons. The van der Waals surface area contributed by atoms with Gasteiger partial charge in [0.1, 0.15) is 23.3 Å². The van der Waals surface area contributed by atoms with Crippen molar-refractivity contribution in [2.75, 3.05) is 0 Å². The normalized spacial score (nSPS) is 14.8. The van der Waals surface area contributed by atoms with Crippen molar-refractivity contribution < 1.29 is 35.1 Å². The van der Waals surface area contributed by atoms with E-state index in [1.807, 2.05) is 6.08 Å². The number of hydrogen-bond acceptors (Lipinski definition) is 0. The number of fused-ring (bicyclic) bond motifs is 2. The Balaban J connectivity index is 1.57. The van der Waals surface area contributed by atoms with Crippen LogP contribution in [0, 0.1) is 46.8 Å². The third-order valence-electron chi connectivity index (χ3n) is 6.96. The zero-order valence-corrected chi connectivity index (χ0v) is 20.3. The molecular formula is C31H20F8. The average molecular weight is 544 g/mol. The molecule has 0 heterocycles. The maximum atomic E-state index is 15.5. The van der Waals surface area contributed by atoms with Crippen molar-refractivity contribution in [1.29, 1.82) is 0 Å². The molecule has 0 N–H and O–H groups in total. The minimum atomic E-state index is -5.02. The van der Waals surface area contributed by atoms with E-state index in [-0.39, 0.29) is 16.3 Å². The molecule has 1 fully saturated rings. The maximum absolute atomic E-state index is 15.5. The molecule has 0 aromatic heterocycles. The van der Waals surface area contributed by atoms with Crippen molar-refractivity contribution in [2.24, 2.45) is 5.92 Å². The van der Waals surface area contributed by atoms with E-state index in [0.29, 0.717) is 18.1 Å². The summed E-state index contributed by atoms with van der Waals surface area (Å²) < 4.78 is 112. The van der Waals surface area contributed by atoms with Crippen LogP contribution in [0.2, 0.25) is 0 Å². The third kappa shape index (κ3) is 5.49. The zero-order chi connectivity index (χ0) is 27.9. The first-order valence-corrected chi connectivity index (χ1v) is 12.3. The molecular weight excluding hydrogens is 524 g/mol. The van der Waals surface area contributed by atoms with Gasteiger partial charge in [0, 0.05) is 11.3 Å². The van der Waals surface area contributed by atoms with Crippen molar-refractivity contribution in [3.63, 3.8) is 0 Å². The van der Waals surface area contributed by atoms with Crippen LogP contribution in [0.15, 0.2) is 48.5 Å². The minimum absolute atomic E-state index is 0.0665. The van der Waals surface area contributed by atoms with Crippen LogP contribution in [0.5, 0.6) is 0 Å². The molecule has 0 aliphatic heterocycles. The number of rotatable bonds is 3. The number of alkyl halides is 3. The summed E-state index contributed by atoms with van der Waals surface area (Å²) in [6.07, 6.45) is 4.80. The number of halogens is 8. The van der Waals surface area contributed by atoms with Crippen LogP contribution in [0.25, 0.3) is 38.7 Å². The molecule has 1 aliphatic carbocycles. The predicted octanol–water partition coefficient (Wildman–Crippen LogP) is 9.86. The van der Waals surface area contributed by atoms with E-state index >= 15 is 8.78 Å². The highest BCUT2D eigenvalue weighted by atomic mass is 19.4. The SMILES string of the molecule is Fc1cc2cc(-c3c(F)cc4cc(/C=C/C5CCCCC5)ccc4c3F)cc(F)c2c(F)c1C#CC(F)(F)F. The van der Waals surface area contributed by atoms with Gasteiger partial charge in [0.15, 0.2) is 5.82 Å². The number of hydrogen-bond donors (Lipinski definition) is 0. The molecule has 1 aliphatic rings. The van der Waals surface area contributed by atoms with E-state index in [1.54, 1.807) is 12.1 Å². The van der Waals surface area contributed by atoms with E-state index in [4.69, 9.17) is 0 Å². The Bertz CT molecular complexity index is 1680. The van der Waals surface area contributed by atoms with Crippen LogP contribution in [0.3, 0.4) is 0 Å². The van der Waals surface area contributed by atoms with Crippen LogP contribution in [-0.2, 0) is 0 Å². The first-order valence-electron chi connectivity index (χ1n) is 12.3. The Labute approximate surface area is 218 Å². The predicted molar refractivity (Wildman–Crippen MR) is 135 cm³/mol. The molecule has 5 rings (SSSR count). The first kappa shape index (κ1) is 26.7. The molecule has 4 aromatic carbocycles. The molecule has 0 amide bonds. The lowest BCUT2D eigenvalue weighted by Crippen LogP contribution is -2.03. The average Bonchev–Trinajstić information content (AvgIpc) is 2.86. The van der Waals surface area contributed by atoms with Gasteiger partial charge >= 0.3 is 6.18 Å². The van der Waals surface area contributed by atoms with Crippen molar-refractivity contribution in [3.8, 4) is 23.0 Å². The summed E-state index contributed by atoms with van der Waals surface area (Å²) in [6, 6.07) is 8.11. The standard InChI is InChI=1S/C31H20F8/c32-24-15-20-13-21(16-26(34)28(20)30(36)23(24)10-11-31(37,38)39)27-25(33)14-19-12-18(8-9-22(19)29(27)35)7-6-17-4-2-1-3-5-17/h6-9,12-17H,1-5H2/b7-6+. The Hall–Kier alpha value is -3.86. The van der Waals surface area contributed by atoms with Crippen LogP contribution in [0.4, 0.5) is 35.1 Å². The molecule has 0 atom stereocenters. The van der Waals surface area contributed by atoms with Gasteiger partial charge in [-0.3, -0.25) is 0 Å². The van der Waals surface area contributed by atoms with E-state index in [9.17, 15) is 26.3 Å². The molecule has 0 bridgehead atoms. The molecule has 0 unspecified atom stereocenters. The molecule has 0 nitrogen and oxygen atoms in total. The monoisotopic (exact) mass is 544 g/mol. The van der Waals surface area contributed by atoms with Crippen LogP contribution < -0.4 is 0 Å². The van der Waals surface area contributed by atoms with Gasteiger partial charge in [-0.1, -0.05) is 49.5 Å². The molecule has 200 valence electrons. The molecule has 0 saturated heterocycles. The van der Waals surface area contributed by atoms with Crippen molar-refractivity contribution >= 4 is 27.6 Å². The summed E-state index contributed by atoms with van der Waals surface area (Å²) in [6.45, 7) is 0. The van der Waals surface area contributed by atoms with E-state index in [2.05, 4.69) is 6.08 Å². The Kier molecular flexibility index (Phi) is 7.11. The van der Waals surface area contributed by atoms with Gasteiger partial charge in [-0.05, 0) is 71.0 Å². The highest BCUT2D eigenvalue weighted by Crippen LogP contribution is 2.37. The summed E-state index contributed by atoms with van der Waals surface area (Å²) >= 11 is 0. The smallest absolute Gasteiger partial charge is 0.206 e. The summed E-state index contributed by atoms with van der Waals surface area (Å²) in [7, 11) is 0. The largest absolute Gasteiger partial charge is 0.458 e. The highest BCUT2D eigenvalue weighted by Gasteiger charge is 2.25. The quantitative estimate of drug-likeness (QED) is 0.178. The number of benzene rings is 4. The van der Waals surface area contributed by atoms with E-state index in [0.717, 1.165) is 36.5 Å². The number of allylic oxidation sites excluding steroid dienone is 1. The van der Waals surface area contributed by atoms with Gasteiger partial charge in [-0.25, -0.2) is 22.0 Å². The van der Waals surface area contributed by atoms with Crippen molar-refractivity contribution in [2.45, 2.75) is 38.3 Å². The van der Waals surface area contributed by atoms with Crippen LogP contribution in [0.1, 0.15) is 43.2 Å². The fourth-order valence-corrected chi connectivity index (χ4v) is 5.09. The highest BCUT2D eigenvalue weighted by molar-refractivity contribution is 5.94. The minimum Gasteiger partial charge on any atom is -0.206 e. The Morgan fingerprint density at radius 1 is 0.744 bits per heavy atom. The van der Waals surface area contributed by atoms with Crippen LogP contribution in [-0.4, -0.2) is 6.18 Å². The Morgan fingerprint density at radius 2 is 1.46 bits per heavy atom. The van der Waals surface area contributed by atoms with Crippen molar-refractivity contribution in [1.82, 2.24) is 0 Å². The topological polar surface area (TPSA) is 0 Å². The Morgan fingerprint density at radius 3 is 2.18 bits per heavy atom. The fourth-order valence-electron chi connectivity index (χ4n) is 5.09. The molecule has 39 heavy (non-hydrogen) atoms. The lowest BCUT2D eigenvalue weighted by atomic mass is 9.88. The van der Waals surface area contributed by atoms with Gasteiger partial charge in [-0.15, -0.1) is 0 Å². The van der Waals surface area contributed by atoms with Crippen molar-refractivity contribution in [3.05, 3.63) is 88.8 Å². The maximum Gasteiger partial charge on any atom is 0.458 e. The van der Waals surface area contributed by atoms with E-state index < -0.39 is 57.2 Å². The first-order chi connectivity index (χ1) is 18.5. The van der Waals surface area contributed by atoms with Crippen LogP contribution >= 0.6 is 0 Å². The van der Waals surface area contributed by atoms with Gasteiger partial charge in [0.05, 0.1) is 16.5 Å². The second-order valence-corrected chi connectivity index (χ2v) is 9.64. The fraction of sp³-hybridized carbons (Fsp3) is 0.226. The van der Waals surface area contributed by atoms with E-state index in [1.165, 1.54) is 31.2 Å². The third-order valence-corrected chi connectivity index (χ3v) is 6.96. The second kappa shape index (κ2) is 10.4. The van der Waals surface area contributed by atoms with Gasteiger partial charge in [0.25, 0.3) is 0 Å². The zero-order valence-electron chi connectivity index (χ0n) is 20.3. The summed E-state index contributed by atoms with van der Waals surface area (Å²) in [5, 5.41) is -0.926. The molecule has 8 heteroatoms. The summed E-state index contributed by atoms with van der Waals surface area (Å²) in [4.78, 5) is 0. The molecule has 4 aromatic rings. The van der Waals surface area contributed by atoms with Gasteiger partial charge < -0.3 is 0 Å². The molecule has 0 spiro atoms. The lowest BCUT2D eigenvalue weighted by Gasteiger charge is -2.17. The van der Waals surface area contributed by atoms with Gasteiger partial charge in [-0.2, -0.15) is 13.2 Å². The summed E-state index contributed by atoms with van der Waals surface area (Å²) in [5.74, 6) is -3.89. The lowest BCUT2D eigenvalue weighted by molar-refractivity contribution is -0.0696. The second-order valence-electron chi connectivity index (χ2n) is 9.64.